The predicted molar refractivity (Wildman–Crippen MR) is 141 cm³/mol. The van der Waals surface area contributed by atoms with Crippen LogP contribution in [0.5, 0.6) is 5.75 Å². The molecule has 0 saturated heterocycles. The Hall–Kier alpha value is -3.32. The number of carbonyl (C=O) groups is 1. The van der Waals surface area contributed by atoms with Gasteiger partial charge in [0.1, 0.15) is 5.75 Å². The van der Waals surface area contributed by atoms with Crippen molar-refractivity contribution in [3.8, 4) is 5.75 Å². The molecular formula is C29H32N2O4S. The van der Waals surface area contributed by atoms with E-state index in [9.17, 15) is 13.2 Å². The molecule has 2 atom stereocenters. The molecule has 0 radical (unpaired) electrons. The molecule has 0 bridgehead atoms. The maximum Gasteiger partial charge on any atom is 0.264 e. The van der Waals surface area contributed by atoms with E-state index in [1.807, 2.05) is 19.9 Å². The molecule has 1 aliphatic heterocycles. The van der Waals surface area contributed by atoms with Crippen molar-refractivity contribution in [1.29, 1.82) is 0 Å². The van der Waals surface area contributed by atoms with Crippen LogP contribution in [0.25, 0.3) is 0 Å². The fraction of sp³-hybridized carbons (Fsp3) is 0.345. The molecule has 36 heavy (non-hydrogen) atoms. The Labute approximate surface area is 213 Å². The van der Waals surface area contributed by atoms with Crippen molar-refractivity contribution in [1.82, 2.24) is 5.32 Å². The first-order chi connectivity index (χ1) is 17.4. The van der Waals surface area contributed by atoms with Crippen molar-refractivity contribution in [2.75, 3.05) is 10.8 Å². The number of carbonyl (C=O) groups excluding carboxylic acids is 1. The summed E-state index contributed by atoms with van der Waals surface area (Å²) in [6.07, 6.45) is 4.36. The van der Waals surface area contributed by atoms with Crippen LogP contribution in [0.3, 0.4) is 0 Å². The molecule has 1 amide bonds. The van der Waals surface area contributed by atoms with E-state index in [0.717, 1.165) is 30.4 Å². The van der Waals surface area contributed by atoms with Gasteiger partial charge in [-0.15, -0.1) is 0 Å². The zero-order chi connectivity index (χ0) is 25.3. The zero-order valence-corrected chi connectivity index (χ0v) is 21.6. The molecule has 7 heteroatoms. The summed E-state index contributed by atoms with van der Waals surface area (Å²) in [5, 5.41) is 3.13. The molecule has 0 unspecified atom stereocenters. The smallest absolute Gasteiger partial charge is 0.264 e. The summed E-state index contributed by atoms with van der Waals surface area (Å²) in [5.74, 6) is 0.0624. The molecule has 0 fully saturated rings. The fourth-order valence-electron chi connectivity index (χ4n) is 5.10. The molecule has 0 aromatic heterocycles. The van der Waals surface area contributed by atoms with E-state index in [-0.39, 0.29) is 23.4 Å². The topological polar surface area (TPSA) is 75.7 Å². The molecule has 6 nitrogen and oxygen atoms in total. The number of benzene rings is 3. The maximum absolute atomic E-state index is 13.6. The van der Waals surface area contributed by atoms with Gasteiger partial charge in [0.15, 0.2) is 6.10 Å². The molecule has 0 spiro atoms. The van der Waals surface area contributed by atoms with Crippen LogP contribution in [0.4, 0.5) is 5.69 Å². The van der Waals surface area contributed by atoms with Crippen molar-refractivity contribution in [2.24, 2.45) is 0 Å². The SMILES string of the molecule is CC[C@H](NC(=O)[C@@H]1CN(S(=O)(=O)c2ccccc2)c2cc(C)ccc2O1)c1ccc2c(c1)CCCC2. The standard InChI is InChI=1S/C29H32N2O4S/c1-3-25(23-15-14-21-9-7-8-10-22(21)18-23)30-29(32)28-19-31(26-17-20(2)13-16-27(26)35-28)36(33,34)24-11-5-4-6-12-24/h4-6,11-18,25,28H,3,7-10,19H2,1-2H3,(H,30,32)/t25-,28-/m0/s1. The highest BCUT2D eigenvalue weighted by Crippen LogP contribution is 2.38. The van der Waals surface area contributed by atoms with Crippen molar-refractivity contribution in [3.63, 3.8) is 0 Å². The summed E-state index contributed by atoms with van der Waals surface area (Å²) in [6.45, 7) is 3.84. The number of nitrogens with one attached hydrogen (secondary N) is 1. The van der Waals surface area contributed by atoms with E-state index in [1.54, 1.807) is 42.5 Å². The molecule has 1 N–H and O–H groups in total. The van der Waals surface area contributed by atoms with Crippen LogP contribution in [-0.4, -0.2) is 27.0 Å². The van der Waals surface area contributed by atoms with Crippen LogP contribution in [0.1, 0.15) is 54.5 Å². The second-order valence-corrected chi connectivity index (χ2v) is 11.5. The van der Waals surface area contributed by atoms with Gasteiger partial charge < -0.3 is 10.1 Å². The van der Waals surface area contributed by atoms with Crippen LogP contribution in [0.15, 0.2) is 71.6 Å². The molecule has 1 heterocycles. The third-order valence-electron chi connectivity index (χ3n) is 7.11. The summed E-state index contributed by atoms with van der Waals surface area (Å²) < 4.78 is 34.6. The Balaban J connectivity index is 1.42. The molecule has 5 rings (SSSR count). The summed E-state index contributed by atoms with van der Waals surface area (Å²) >= 11 is 0. The summed E-state index contributed by atoms with van der Waals surface area (Å²) in [6, 6.07) is 20.0. The van der Waals surface area contributed by atoms with Gasteiger partial charge in [-0.05, 0) is 85.5 Å². The highest BCUT2D eigenvalue weighted by atomic mass is 32.2. The van der Waals surface area contributed by atoms with E-state index < -0.39 is 16.1 Å². The number of nitrogens with zero attached hydrogens (tertiary/aromatic N) is 1. The number of hydrogen-bond acceptors (Lipinski definition) is 4. The van der Waals surface area contributed by atoms with Gasteiger partial charge in [0, 0.05) is 0 Å². The third kappa shape index (κ3) is 4.72. The maximum atomic E-state index is 13.6. The number of anilines is 1. The van der Waals surface area contributed by atoms with E-state index in [1.165, 1.54) is 28.3 Å². The lowest BCUT2D eigenvalue weighted by Gasteiger charge is -2.35. The highest BCUT2D eigenvalue weighted by Gasteiger charge is 2.38. The first kappa shape index (κ1) is 24.4. The zero-order valence-electron chi connectivity index (χ0n) is 20.7. The van der Waals surface area contributed by atoms with Crippen LogP contribution < -0.4 is 14.4 Å². The van der Waals surface area contributed by atoms with Crippen molar-refractivity contribution < 1.29 is 17.9 Å². The first-order valence-electron chi connectivity index (χ1n) is 12.6. The Morgan fingerprint density at radius 2 is 1.78 bits per heavy atom. The molecule has 0 saturated carbocycles. The van der Waals surface area contributed by atoms with E-state index in [0.29, 0.717) is 11.4 Å². The lowest BCUT2D eigenvalue weighted by molar-refractivity contribution is -0.128. The molecule has 188 valence electrons. The number of rotatable bonds is 6. The van der Waals surface area contributed by atoms with Crippen LogP contribution >= 0.6 is 0 Å². The van der Waals surface area contributed by atoms with Crippen LogP contribution in [-0.2, 0) is 27.7 Å². The summed E-state index contributed by atoms with van der Waals surface area (Å²) in [7, 11) is -3.88. The van der Waals surface area contributed by atoms with Crippen LogP contribution in [0.2, 0.25) is 0 Å². The second kappa shape index (κ2) is 9.97. The minimum Gasteiger partial charge on any atom is -0.476 e. The Morgan fingerprint density at radius 3 is 2.53 bits per heavy atom. The van der Waals surface area contributed by atoms with Gasteiger partial charge >= 0.3 is 0 Å². The van der Waals surface area contributed by atoms with Gasteiger partial charge in [-0.25, -0.2) is 8.42 Å². The van der Waals surface area contributed by atoms with Gasteiger partial charge in [-0.2, -0.15) is 0 Å². The van der Waals surface area contributed by atoms with Crippen molar-refractivity contribution >= 4 is 21.6 Å². The largest absolute Gasteiger partial charge is 0.476 e. The number of amides is 1. The average molecular weight is 505 g/mol. The number of aryl methyl sites for hydroxylation is 3. The first-order valence-corrected chi connectivity index (χ1v) is 14.1. The number of fused-ring (bicyclic) bond motifs is 2. The highest BCUT2D eigenvalue weighted by molar-refractivity contribution is 7.92. The lowest BCUT2D eigenvalue weighted by Crippen LogP contribution is -2.51. The second-order valence-electron chi connectivity index (χ2n) is 9.63. The lowest BCUT2D eigenvalue weighted by atomic mass is 9.88. The van der Waals surface area contributed by atoms with Gasteiger partial charge in [-0.1, -0.05) is 49.4 Å². The molecule has 2 aliphatic rings. The van der Waals surface area contributed by atoms with Crippen molar-refractivity contribution in [2.45, 2.75) is 63.0 Å². The number of sulfonamides is 1. The van der Waals surface area contributed by atoms with Crippen molar-refractivity contribution in [3.05, 3.63) is 89.0 Å². The third-order valence-corrected chi connectivity index (χ3v) is 8.90. The molecular weight excluding hydrogens is 472 g/mol. The molecule has 1 aliphatic carbocycles. The van der Waals surface area contributed by atoms with E-state index in [2.05, 4.69) is 23.5 Å². The average Bonchev–Trinajstić information content (AvgIpc) is 2.91. The Bertz CT molecular complexity index is 1370. The molecule has 3 aromatic rings. The number of ether oxygens (including phenoxy) is 1. The fourth-order valence-corrected chi connectivity index (χ4v) is 6.59. The Morgan fingerprint density at radius 1 is 1.03 bits per heavy atom. The van der Waals surface area contributed by atoms with Gasteiger partial charge in [0.25, 0.3) is 15.9 Å². The van der Waals surface area contributed by atoms with Gasteiger partial charge in [0.2, 0.25) is 0 Å². The van der Waals surface area contributed by atoms with E-state index >= 15 is 0 Å². The van der Waals surface area contributed by atoms with E-state index in [4.69, 9.17) is 4.74 Å². The minimum atomic E-state index is -3.88. The van der Waals surface area contributed by atoms with Gasteiger partial charge in [-0.3, -0.25) is 9.10 Å². The normalized spacial score (nSPS) is 17.9. The predicted octanol–water partition coefficient (Wildman–Crippen LogP) is 5.10. The Kier molecular flexibility index (Phi) is 6.75. The number of hydrogen-bond donors (Lipinski definition) is 1. The molecule has 3 aromatic carbocycles. The monoisotopic (exact) mass is 504 g/mol. The summed E-state index contributed by atoms with van der Waals surface area (Å²) in [4.78, 5) is 13.6. The quantitative estimate of drug-likeness (QED) is 0.507. The van der Waals surface area contributed by atoms with Gasteiger partial charge in [0.05, 0.1) is 23.2 Å². The summed E-state index contributed by atoms with van der Waals surface area (Å²) in [5.41, 5.74) is 5.20. The van der Waals surface area contributed by atoms with Crippen LogP contribution in [0, 0.1) is 6.92 Å². The minimum absolute atomic E-state index is 0.0971.